The maximum atomic E-state index is 11.6. The fourth-order valence-electron chi connectivity index (χ4n) is 1.04. The Labute approximate surface area is 96.7 Å². The Hall–Kier alpha value is -1.15. The van der Waals surface area contributed by atoms with E-state index in [0.29, 0.717) is 17.4 Å². The Morgan fingerprint density at radius 3 is 2.93 bits per heavy atom. The Morgan fingerprint density at radius 1 is 1.67 bits per heavy atom. The van der Waals surface area contributed by atoms with Gasteiger partial charge in [0.2, 0.25) is 0 Å². The Kier molecular flexibility index (Phi) is 3.64. The summed E-state index contributed by atoms with van der Waals surface area (Å²) in [6, 6.07) is 2.20. The molecule has 0 saturated carbocycles. The van der Waals surface area contributed by atoms with Crippen LogP contribution < -0.4 is 5.56 Å². The molecule has 0 saturated heterocycles. The predicted octanol–water partition coefficient (Wildman–Crippen LogP) is 1.95. The molecule has 0 aliphatic rings. The van der Waals surface area contributed by atoms with Crippen molar-refractivity contribution in [1.82, 2.24) is 9.55 Å². The summed E-state index contributed by atoms with van der Waals surface area (Å²) in [6.45, 7) is 4.21. The van der Waals surface area contributed by atoms with Gasteiger partial charge < -0.3 is 0 Å². The van der Waals surface area contributed by atoms with E-state index >= 15 is 0 Å². The van der Waals surface area contributed by atoms with E-state index in [-0.39, 0.29) is 5.56 Å². The maximum absolute atomic E-state index is 11.6. The quantitative estimate of drug-likeness (QED) is 0.843. The fraction of sp³-hybridized carbons (Fsp3) is 0.500. The second kappa shape index (κ2) is 4.58. The lowest BCUT2D eigenvalue weighted by Gasteiger charge is -2.15. The summed E-state index contributed by atoms with van der Waals surface area (Å²) >= 11 is 3.12. The summed E-state index contributed by atoms with van der Waals surface area (Å²) in [5.74, 6) is 0. The molecule has 15 heavy (non-hydrogen) atoms. The van der Waals surface area contributed by atoms with Gasteiger partial charge in [-0.1, -0.05) is 0 Å². The van der Waals surface area contributed by atoms with Gasteiger partial charge in [-0.2, -0.15) is 5.26 Å². The van der Waals surface area contributed by atoms with Gasteiger partial charge in [0.05, 0.1) is 17.8 Å². The Balaban J connectivity index is 2.80. The van der Waals surface area contributed by atoms with Crippen LogP contribution in [0.5, 0.6) is 0 Å². The minimum absolute atomic E-state index is 0.112. The third-order valence-corrected chi connectivity index (χ3v) is 2.68. The van der Waals surface area contributed by atoms with Gasteiger partial charge in [0.25, 0.3) is 5.56 Å². The summed E-state index contributed by atoms with van der Waals surface area (Å²) < 4.78 is 1.95. The van der Waals surface area contributed by atoms with Crippen molar-refractivity contribution in [3.8, 4) is 6.07 Å². The monoisotopic (exact) mass is 269 g/mol. The second-order valence-corrected chi connectivity index (χ2v) is 4.84. The number of hydrogen-bond donors (Lipinski definition) is 0. The van der Waals surface area contributed by atoms with Crippen molar-refractivity contribution in [3.05, 3.63) is 27.4 Å². The molecule has 0 atom stereocenters. The van der Waals surface area contributed by atoms with E-state index < -0.39 is 5.41 Å². The van der Waals surface area contributed by atoms with Crippen molar-refractivity contribution in [1.29, 1.82) is 5.26 Å². The van der Waals surface area contributed by atoms with Gasteiger partial charge in [0, 0.05) is 12.7 Å². The zero-order valence-corrected chi connectivity index (χ0v) is 10.3. The molecule has 0 aliphatic heterocycles. The highest BCUT2D eigenvalue weighted by Gasteiger charge is 2.16. The van der Waals surface area contributed by atoms with Gasteiger partial charge in [0.1, 0.15) is 4.47 Å². The summed E-state index contributed by atoms with van der Waals surface area (Å²) in [4.78, 5) is 15.5. The molecule has 1 rings (SSSR count). The molecular weight excluding hydrogens is 258 g/mol. The highest BCUT2D eigenvalue weighted by molar-refractivity contribution is 9.10. The van der Waals surface area contributed by atoms with Crippen LogP contribution in [-0.2, 0) is 6.54 Å². The Bertz CT molecular complexity index is 445. The summed E-state index contributed by atoms with van der Waals surface area (Å²) in [6.07, 6.45) is 3.58. The molecule has 0 bridgehead atoms. The molecular formula is C10H12BrN3O. The van der Waals surface area contributed by atoms with E-state index in [2.05, 4.69) is 27.0 Å². The van der Waals surface area contributed by atoms with Gasteiger partial charge in [-0.05, 0) is 36.2 Å². The van der Waals surface area contributed by atoms with Crippen molar-refractivity contribution in [3.63, 3.8) is 0 Å². The molecule has 0 unspecified atom stereocenters. The number of aromatic nitrogens is 2. The molecule has 0 N–H and O–H groups in total. The van der Waals surface area contributed by atoms with Crippen molar-refractivity contribution < 1.29 is 0 Å². The third kappa shape index (κ3) is 3.17. The first kappa shape index (κ1) is 11.9. The summed E-state index contributed by atoms with van der Waals surface area (Å²) in [7, 11) is 0. The molecule has 80 valence electrons. The molecule has 0 radical (unpaired) electrons. The minimum Gasteiger partial charge on any atom is -0.298 e. The fourth-order valence-corrected chi connectivity index (χ4v) is 1.39. The molecule has 5 heteroatoms. The van der Waals surface area contributed by atoms with Crippen LogP contribution in [-0.4, -0.2) is 9.55 Å². The van der Waals surface area contributed by atoms with Gasteiger partial charge in [0.15, 0.2) is 0 Å². The first-order valence-corrected chi connectivity index (χ1v) is 5.37. The lowest BCUT2D eigenvalue weighted by Crippen LogP contribution is -2.23. The summed E-state index contributed by atoms with van der Waals surface area (Å²) in [5, 5.41) is 8.83. The standard InChI is InChI=1S/C10H12BrN3O/c1-10(2,6-12)3-4-14-7-13-5-8(11)9(14)15/h5,7H,3-4H2,1-2H3. The van der Waals surface area contributed by atoms with Crippen LogP contribution in [0.25, 0.3) is 0 Å². The van der Waals surface area contributed by atoms with E-state index in [9.17, 15) is 4.79 Å². The highest BCUT2D eigenvalue weighted by atomic mass is 79.9. The van der Waals surface area contributed by atoms with Crippen molar-refractivity contribution in [2.75, 3.05) is 0 Å². The van der Waals surface area contributed by atoms with Crippen LogP contribution in [0.2, 0.25) is 0 Å². The SMILES string of the molecule is CC(C)(C#N)CCn1cncc(Br)c1=O. The van der Waals surface area contributed by atoms with Crippen LogP contribution in [0, 0.1) is 16.7 Å². The van der Waals surface area contributed by atoms with Crippen molar-refractivity contribution in [2.45, 2.75) is 26.8 Å². The van der Waals surface area contributed by atoms with E-state index in [1.54, 1.807) is 0 Å². The lowest BCUT2D eigenvalue weighted by atomic mass is 9.91. The number of nitrogens with zero attached hydrogens (tertiary/aromatic N) is 3. The molecule has 0 aliphatic carbocycles. The van der Waals surface area contributed by atoms with Gasteiger partial charge in [-0.25, -0.2) is 4.98 Å². The number of nitriles is 1. The van der Waals surface area contributed by atoms with Crippen molar-refractivity contribution in [2.24, 2.45) is 5.41 Å². The molecule has 0 spiro atoms. The first-order chi connectivity index (χ1) is 6.96. The molecule has 0 amide bonds. The lowest BCUT2D eigenvalue weighted by molar-refractivity contribution is 0.407. The van der Waals surface area contributed by atoms with Crippen LogP contribution >= 0.6 is 15.9 Å². The second-order valence-electron chi connectivity index (χ2n) is 3.99. The largest absolute Gasteiger partial charge is 0.298 e. The van der Waals surface area contributed by atoms with Gasteiger partial charge >= 0.3 is 0 Å². The predicted molar refractivity (Wildman–Crippen MR) is 60.2 cm³/mol. The topological polar surface area (TPSA) is 58.7 Å². The van der Waals surface area contributed by atoms with E-state index in [1.165, 1.54) is 17.1 Å². The maximum Gasteiger partial charge on any atom is 0.267 e. The number of halogens is 1. The van der Waals surface area contributed by atoms with Gasteiger partial charge in [-0.3, -0.25) is 9.36 Å². The average molecular weight is 270 g/mol. The molecule has 1 aromatic rings. The highest BCUT2D eigenvalue weighted by Crippen LogP contribution is 2.18. The molecule has 1 heterocycles. The normalized spacial score (nSPS) is 11.1. The third-order valence-electron chi connectivity index (χ3n) is 2.14. The number of hydrogen-bond acceptors (Lipinski definition) is 3. The van der Waals surface area contributed by atoms with Crippen LogP contribution in [0.1, 0.15) is 20.3 Å². The van der Waals surface area contributed by atoms with E-state index in [4.69, 9.17) is 5.26 Å². The van der Waals surface area contributed by atoms with E-state index in [1.807, 2.05) is 13.8 Å². The smallest absolute Gasteiger partial charge is 0.267 e. The zero-order chi connectivity index (χ0) is 11.5. The number of aryl methyl sites for hydroxylation is 1. The van der Waals surface area contributed by atoms with Crippen LogP contribution in [0.4, 0.5) is 0 Å². The minimum atomic E-state index is -0.415. The average Bonchev–Trinajstić information content (AvgIpc) is 2.20. The summed E-state index contributed by atoms with van der Waals surface area (Å²) in [5.41, 5.74) is -0.527. The molecule has 0 aromatic carbocycles. The van der Waals surface area contributed by atoms with Crippen molar-refractivity contribution >= 4 is 15.9 Å². The van der Waals surface area contributed by atoms with Gasteiger partial charge in [-0.15, -0.1) is 0 Å². The molecule has 4 nitrogen and oxygen atoms in total. The molecule has 1 aromatic heterocycles. The first-order valence-electron chi connectivity index (χ1n) is 4.57. The van der Waals surface area contributed by atoms with Crippen LogP contribution in [0.3, 0.4) is 0 Å². The van der Waals surface area contributed by atoms with Crippen LogP contribution in [0.15, 0.2) is 21.8 Å². The number of rotatable bonds is 3. The molecule has 0 fully saturated rings. The Morgan fingerprint density at radius 2 is 2.33 bits per heavy atom. The zero-order valence-electron chi connectivity index (χ0n) is 8.70. The van der Waals surface area contributed by atoms with E-state index in [0.717, 1.165) is 0 Å².